The number of nitrogens with zero attached hydrogens (tertiary/aromatic N) is 1. The Balaban J connectivity index is 1.96. The molecule has 2 atom stereocenters. The Bertz CT molecular complexity index is 528. The summed E-state index contributed by atoms with van der Waals surface area (Å²) in [7, 11) is 0. The normalized spacial score (nSPS) is 40.1. The summed E-state index contributed by atoms with van der Waals surface area (Å²) in [6, 6.07) is 4.42. The molecule has 0 amide bonds. The molecule has 1 nitrogen and oxygen atoms in total. The van der Waals surface area contributed by atoms with E-state index in [-0.39, 0.29) is 0 Å². The van der Waals surface area contributed by atoms with Crippen molar-refractivity contribution in [3.63, 3.8) is 0 Å². The Morgan fingerprint density at radius 3 is 3.00 bits per heavy atom. The molecule has 1 aromatic heterocycles. The lowest BCUT2D eigenvalue weighted by molar-refractivity contribution is 0.141. The molecule has 0 spiro atoms. The highest BCUT2D eigenvalue weighted by Gasteiger charge is 2.74. The fourth-order valence-corrected chi connectivity index (χ4v) is 4.78. The van der Waals surface area contributed by atoms with Gasteiger partial charge in [-0.25, -0.2) is 0 Å². The molecule has 0 aliphatic heterocycles. The van der Waals surface area contributed by atoms with Crippen LogP contribution in [-0.2, 0) is 5.41 Å². The molecule has 1 heterocycles. The van der Waals surface area contributed by atoms with Gasteiger partial charge in [0.15, 0.2) is 0 Å². The minimum Gasteiger partial charge on any atom is -0.257 e. The number of aromatic nitrogens is 1. The van der Waals surface area contributed by atoms with Gasteiger partial charge in [0, 0.05) is 17.0 Å². The van der Waals surface area contributed by atoms with Crippen LogP contribution in [0.2, 0.25) is 0 Å². The molecule has 3 aliphatic carbocycles. The van der Waals surface area contributed by atoms with Crippen molar-refractivity contribution in [2.45, 2.75) is 44.9 Å². The topological polar surface area (TPSA) is 12.9 Å². The minimum absolute atomic E-state index is 0.438. The molecular weight excluding hydrogens is 206 g/mol. The number of allylic oxidation sites excluding steroid dienone is 1. The molecule has 2 saturated carbocycles. The third-order valence-corrected chi connectivity index (χ3v) is 5.80. The molecule has 0 saturated heterocycles. The first-order valence-corrected chi connectivity index (χ1v) is 6.76. The lowest BCUT2D eigenvalue weighted by Crippen LogP contribution is -2.37. The summed E-state index contributed by atoms with van der Waals surface area (Å²) in [4.78, 5) is 4.54. The Morgan fingerprint density at radius 1 is 1.24 bits per heavy atom. The minimum atomic E-state index is 0.438. The van der Waals surface area contributed by atoms with Gasteiger partial charge in [-0.15, -0.1) is 0 Å². The van der Waals surface area contributed by atoms with E-state index in [4.69, 9.17) is 0 Å². The van der Waals surface area contributed by atoms with E-state index < -0.39 is 0 Å². The summed E-state index contributed by atoms with van der Waals surface area (Å²) < 4.78 is 0. The van der Waals surface area contributed by atoms with Crippen molar-refractivity contribution < 1.29 is 0 Å². The fourth-order valence-electron chi connectivity index (χ4n) is 4.78. The summed E-state index contributed by atoms with van der Waals surface area (Å²) in [5.41, 5.74) is 4.07. The molecule has 0 unspecified atom stereocenters. The quantitative estimate of drug-likeness (QED) is 0.651. The van der Waals surface area contributed by atoms with Gasteiger partial charge in [-0.05, 0) is 42.4 Å². The van der Waals surface area contributed by atoms with Gasteiger partial charge in [-0.3, -0.25) is 4.98 Å². The second-order valence-electron chi connectivity index (χ2n) is 6.74. The van der Waals surface area contributed by atoms with E-state index in [0.29, 0.717) is 16.2 Å². The average Bonchev–Trinajstić information content (AvgIpc) is 3.01. The summed E-state index contributed by atoms with van der Waals surface area (Å²) in [6.45, 7) is 4.92. The van der Waals surface area contributed by atoms with Gasteiger partial charge in [0.25, 0.3) is 0 Å². The maximum atomic E-state index is 4.54. The molecule has 0 radical (unpaired) electrons. The van der Waals surface area contributed by atoms with Crippen LogP contribution in [-0.4, -0.2) is 4.98 Å². The molecule has 4 rings (SSSR count). The van der Waals surface area contributed by atoms with E-state index in [1.165, 1.54) is 36.9 Å². The summed E-state index contributed by atoms with van der Waals surface area (Å²) in [6.07, 6.45) is 12.1. The lowest BCUT2D eigenvalue weighted by atomic mass is 9.60. The van der Waals surface area contributed by atoms with Gasteiger partial charge in [-0.1, -0.05) is 32.4 Å². The average molecular weight is 225 g/mol. The smallest absolute Gasteiger partial charge is 0.0664 e. The zero-order valence-corrected chi connectivity index (χ0v) is 10.7. The van der Waals surface area contributed by atoms with Crippen molar-refractivity contribution in [2.24, 2.45) is 10.8 Å². The fraction of sp³-hybridized carbons (Fsp3) is 0.562. The summed E-state index contributed by atoms with van der Waals surface area (Å²) >= 11 is 0. The van der Waals surface area contributed by atoms with E-state index in [1.54, 1.807) is 0 Å². The van der Waals surface area contributed by atoms with Gasteiger partial charge in [0.05, 0.1) is 5.69 Å². The highest BCUT2D eigenvalue weighted by atomic mass is 14.8. The molecule has 0 N–H and O–H groups in total. The van der Waals surface area contributed by atoms with Crippen molar-refractivity contribution in [3.05, 3.63) is 35.7 Å². The van der Waals surface area contributed by atoms with Crippen LogP contribution in [0.5, 0.6) is 0 Å². The van der Waals surface area contributed by atoms with E-state index in [0.717, 1.165) is 0 Å². The zero-order valence-electron chi connectivity index (χ0n) is 10.7. The van der Waals surface area contributed by atoms with Crippen LogP contribution in [0.1, 0.15) is 50.8 Å². The third kappa shape index (κ3) is 0.919. The molecule has 1 heteroatoms. The predicted octanol–water partition coefficient (Wildman–Crippen LogP) is 3.95. The standard InChI is InChI=1S/C16H19N/c1-14(2)7-4-8-15-11-16(14,15)9-6-13-12(15)5-3-10-17-13/h3,5-6,9-10H,4,7-8,11H2,1-2H3/t15-,16-/m0/s1. The van der Waals surface area contributed by atoms with Crippen LogP contribution in [0, 0.1) is 10.8 Å². The van der Waals surface area contributed by atoms with Crippen LogP contribution in [0.15, 0.2) is 24.4 Å². The number of hydrogen-bond acceptors (Lipinski definition) is 1. The number of pyridine rings is 1. The molecule has 2 fully saturated rings. The lowest BCUT2D eigenvalue weighted by Gasteiger charge is -2.44. The van der Waals surface area contributed by atoms with Crippen molar-refractivity contribution in [1.29, 1.82) is 0 Å². The first-order valence-electron chi connectivity index (χ1n) is 6.76. The monoisotopic (exact) mass is 225 g/mol. The van der Waals surface area contributed by atoms with Crippen LogP contribution in [0.4, 0.5) is 0 Å². The second-order valence-corrected chi connectivity index (χ2v) is 6.74. The van der Waals surface area contributed by atoms with Crippen LogP contribution >= 0.6 is 0 Å². The van der Waals surface area contributed by atoms with Crippen molar-refractivity contribution in [1.82, 2.24) is 4.98 Å². The number of fused-ring (bicyclic) bond motifs is 1. The molecule has 1 aromatic rings. The van der Waals surface area contributed by atoms with E-state index >= 15 is 0 Å². The zero-order chi connectivity index (χ0) is 11.7. The predicted molar refractivity (Wildman–Crippen MR) is 69.6 cm³/mol. The molecule has 17 heavy (non-hydrogen) atoms. The Kier molecular flexibility index (Phi) is 1.54. The first-order chi connectivity index (χ1) is 8.11. The van der Waals surface area contributed by atoms with Gasteiger partial charge >= 0.3 is 0 Å². The van der Waals surface area contributed by atoms with Crippen LogP contribution < -0.4 is 0 Å². The van der Waals surface area contributed by atoms with Gasteiger partial charge in [0.1, 0.15) is 0 Å². The third-order valence-electron chi connectivity index (χ3n) is 5.80. The Labute approximate surface area is 103 Å². The van der Waals surface area contributed by atoms with Crippen molar-refractivity contribution in [3.8, 4) is 0 Å². The summed E-state index contributed by atoms with van der Waals surface area (Å²) in [5, 5.41) is 0. The van der Waals surface area contributed by atoms with Gasteiger partial charge in [0.2, 0.25) is 0 Å². The van der Waals surface area contributed by atoms with Crippen LogP contribution in [0.3, 0.4) is 0 Å². The number of hydrogen-bond donors (Lipinski definition) is 0. The number of rotatable bonds is 0. The molecular formula is C16H19N. The van der Waals surface area contributed by atoms with E-state index in [1.807, 2.05) is 6.20 Å². The first kappa shape index (κ1) is 9.87. The van der Waals surface area contributed by atoms with Crippen LogP contribution in [0.25, 0.3) is 6.08 Å². The molecule has 3 aliphatic rings. The van der Waals surface area contributed by atoms with Gasteiger partial charge < -0.3 is 0 Å². The summed E-state index contributed by atoms with van der Waals surface area (Å²) in [5.74, 6) is 0. The Morgan fingerprint density at radius 2 is 2.12 bits per heavy atom. The highest BCUT2D eigenvalue weighted by molar-refractivity contribution is 5.64. The maximum Gasteiger partial charge on any atom is 0.0664 e. The van der Waals surface area contributed by atoms with Gasteiger partial charge in [-0.2, -0.15) is 0 Å². The molecule has 0 bridgehead atoms. The second kappa shape index (κ2) is 2.66. The Hall–Kier alpha value is -1.11. The van der Waals surface area contributed by atoms with Crippen molar-refractivity contribution >= 4 is 6.08 Å². The largest absolute Gasteiger partial charge is 0.257 e. The van der Waals surface area contributed by atoms with E-state index in [9.17, 15) is 0 Å². The molecule has 0 aromatic carbocycles. The van der Waals surface area contributed by atoms with E-state index in [2.05, 4.69) is 43.1 Å². The van der Waals surface area contributed by atoms with Crippen molar-refractivity contribution in [2.75, 3.05) is 0 Å². The highest BCUT2D eigenvalue weighted by Crippen LogP contribution is 2.79. The molecule has 88 valence electrons. The SMILES string of the molecule is CC1(C)CCC[C@@]23C[C@@]12C=Cc1ncccc13. The maximum absolute atomic E-state index is 4.54.